The number of carbonyl (C=O) groups excluding carboxylic acids is 1. The fraction of sp³-hybridized carbons (Fsp3) is 0.933. The van der Waals surface area contributed by atoms with Crippen molar-refractivity contribution >= 4 is 5.97 Å². The average Bonchev–Trinajstić information content (AvgIpc) is 3.26. The van der Waals surface area contributed by atoms with Gasteiger partial charge in [0, 0.05) is 6.61 Å². The maximum Gasteiger partial charge on any atom is 0.328 e. The van der Waals surface area contributed by atoms with Crippen LogP contribution in [0.25, 0.3) is 0 Å². The van der Waals surface area contributed by atoms with Gasteiger partial charge in [0.1, 0.15) is 5.54 Å². The summed E-state index contributed by atoms with van der Waals surface area (Å²) in [6, 6.07) is 0. The highest BCUT2D eigenvalue weighted by molar-refractivity contribution is 5.82. The minimum Gasteiger partial charge on any atom is -0.468 e. The molecule has 1 saturated carbocycles. The number of unbranched alkanes of at least 4 members (excludes halogenated alkanes) is 2. The smallest absolute Gasteiger partial charge is 0.328 e. The molecule has 1 rings (SSSR count). The Morgan fingerprint density at radius 3 is 2.53 bits per heavy atom. The molecule has 0 saturated heterocycles. The first-order valence-electron chi connectivity index (χ1n) is 7.62. The molecule has 1 aliphatic rings. The Hall–Kier alpha value is -0.610. The third-order valence-electron chi connectivity index (χ3n) is 3.74. The van der Waals surface area contributed by atoms with Gasteiger partial charge in [0.05, 0.1) is 13.7 Å². The summed E-state index contributed by atoms with van der Waals surface area (Å²) in [5, 5.41) is 3.39. The second kappa shape index (κ2) is 8.54. The van der Waals surface area contributed by atoms with Gasteiger partial charge in [0.25, 0.3) is 0 Å². The Labute approximate surface area is 117 Å². The van der Waals surface area contributed by atoms with Crippen LogP contribution >= 0.6 is 0 Å². The summed E-state index contributed by atoms with van der Waals surface area (Å²) in [5.41, 5.74) is -0.614. The minimum atomic E-state index is -0.614. The molecule has 1 N–H and O–H groups in total. The Morgan fingerprint density at radius 1 is 1.26 bits per heavy atom. The normalized spacial score (nSPS) is 18.1. The number of hydrogen-bond acceptors (Lipinski definition) is 4. The van der Waals surface area contributed by atoms with Crippen LogP contribution in [0.1, 0.15) is 52.4 Å². The van der Waals surface area contributed by atoms with Crippen molar-refractivity contribution in [2.75, 3.05) is 26.9 Å². The number of hydrogen-bond donors (Lipinski definition) is 1. The quantitative estimate of drug-likeness (QED) is 0.463. The van der Waals surface area contributed by atoms with Gasteiger partial charge in [0.15, 0.2) is 0 Å². The highest BCUT2D eigenvalue weighted by Gasteiger charge is 2.51. The van der Waals surface area contributed by atoms with Crippen LogP contribution in [0.4, 0.5) is 0 Å². The molecule has 0 bridgehead atoms. The van der Waals surface area contributed by atoms with Crippen LogP contribution in [-0.4, -0.2) is 38.4 Å². The van der Waals surface area contributed by atoms with E-state index in [-0.39, 0.29) is 5.97 Å². The number of carbonyl (C=O) groups is 1. The first-order chi connectivity index (χ1) is 9.21. The van der Waals surface area contributed by atoms with E-state index < -0.39 is 5.54 Å². The molecule has 1 unspecified atom stereocenters. The molecule has 1 aliphatic carbocycles. The SMILES string of the molecule is CCCCCOCC(NCCC)(C(=O)OC)C1CC1. The van der Waals surface area contributed by atoms with Crippen molar-refractivity contribution in [1.29, 1.82) is 0 Å². The molecule has 0 radical (unpaired) electrons. The van der Waals surface area contributed by atoms with Gasteiger partial charge in [-0.25, -0.2) is 4.79 Å². The van der Waals surface area contributed by atoms with Crippen LogP contribution < -0.4 is 5.32 Å². The van der Waals surface area contributed by atoms with Crippen molar-refractivity contribution in [3.05, 3.63) is 0 Å². The number of rotatable bonds is 11. The zero-order chi connectivity index (χ0) is 14.1. The molecule has 1 fully saturated rings. The van der Waals surface area contributed by atoms with Gasteiger partial charge in [-0.15, -0.1) is 0 Å². The molecule has 0 heterocycles. The molecule has 112 valence electrons. The van der Waals surface area contributed by atoms with Gasteiger partial charge in [-0.3, -0.25) is 5.32 Å². The molecule has 0 aromatic rings. The van der Waals surface area contributed by atoms with Crippen LogP contribution in [0.3, 0.4) is 0 Å². The van der Waals surface area contributed by atoms with Crippen molar-refractivity contribution in [3.63, 3.8) is 0 Å². The van der Waals surface area contributed by atoms with E-state index in [4.69, 9.17) is 9.47 Å². The van der Waals surface area contributed by atoms with E-state index in [9.17, 15) is 4.79 Å². The predicted octanol–water partition coefficient (Wildman–Crippen LogP) is 2.51. The molecule has 0 aromatic heterocycles. The second-order valence-corrected chi connectivity index (χ2v) is 5.42. The molecule has 0 spiro atoms. The second-order valence-electron chi connectivity index (χ2n) is 5.42. The van der Waals surface area contributed by atoms with E-state index in [1.165, 1.54) is 20.0 Å². The Kier molecular flexibility index (Phi) is 7.39. The zero-order valence-electron chi connectivity index (χ0n) is 12.7. The fourth-order valence-electron chi connectivity index (χ4n) is 2.40. The highest BCUT2D eigenvalue weighted by atomic mass is 16.5. The molecule has 4 nitrogen and oxygen atoms in total. The monoisotopic (exact) mass is 271 g/mol. The maximum absolute atomic E-state index is 12.2. The van der Waals surface area contributed by atoms with Gasteiger partial charge >= 0.3 is 5.97 Å². The van der Waals surface area contributed by atoms with Crippen LogP contribution in [0.15, 0.2) is 0 Å². The topological polar surface area (TPSA) is 47.6 Å². The summed E-state index contributed by atoms with van der Waals surface area (Å²) in [6.07, 6.45) is 6.60. The van der Waals surface area contributed by atoms with E-state index in [0.717, 1.165) is 38.8 Å². The summed E-state index contributed by atoms with van der Waals surface area (Å²) < 4.78 is 10.8. The van der Waals surface area contributed by atoms with E-state index in [1.807, 2.05) is 0 Å². The van der Waals surface area contributed by atoms with Crippen LogP contribution in [0, 0.1) is 5.92 Å². The van der Waals surface area contributed by atoms with Gasteiger partial charge < -0.3 is 9.47 Å². The highest BCUT2D eigenvalue weighted by Crippen LogP contribution is 2.40. The largest absolute Gasteiger partial charge is 0.468 e. The van der Waals surface area contributed by atoms with E-state index in [2.05, 4.69) is 19.2 Å². The lowest BCUT2D eigenvalue weighted by Gasteiger charge is -2.32. The third-order valence-corrected chi connectivity index (χ3v) is 3.74. The third kappa shape index (κ3) is 4.77. The van der Waals surface area contributed by atoms with Crippen molar-refractivity contribution in [1.82, 2.24) is 5.32 Å². The summed E-state index contributed by atoms with van der Waals surface area (Å²) in [6.45, 7) is 6.26. The van der Waals surface area contributed by atoms with E-state index >= 15 is 0 Å². The molecule has 4 heteroatoms. The molecule has 0 aliphatic heterocycles. The maximum atomic E-state index is 12.2. The molecular weight excluding hydrogens is 242 g/mol. The Morgan fingerprint density at radius 2 is 2.00 bits per heavy atom. The lowest BCUT2D eigenvalue weighted by atomic mass is 9.94. The first kappa shape index (κ1) is 16.4. The number of nitrogens with one attached hydrogen (secondary N) is 1. The molecule has 0 amide bonds. The first-order valence-corrected chi connectivity index (χ1v) is 7.62. The zero-order valence-corrected chi connectivity index (χ0v) is 12.7. The molecule has 19 heavy (non-hydrogen) atoms. The summed E-state index contributed by atoms with van der Waals surface area (Å²) >= 11 is 0. The van der Waals surface area contributed by atoms with Crippen molar-refractivity contribution in [3.8, 4) is 0 Å². The summed E-state index contributed by atoms with van der Waals surface area (Å²) in [4.78, 5) is 12.2. The van der Waals surface area contributed by atoms with Crippen molar-refractivity contribution in [2.45, 2.75) is 57.9 Å². The lowest BCUT2D eigenvalue weighted by molar-refractivity contribution is -0.153. The van der Waals surface area contributed by atoms with Crippen molar-refractivity contribution < 1.29 is 14.3 Å². The molecule has 0 aromatic carbocycles. The summed E-state index contributed by atoms with van der Waals surface area (Å²) in [7, 11) is 1.46. The molecule has 1 atom stereocenters. The van der Waals surface area contributed by atoms with Gasteiger partial charge in [-0.1, -0.05) is 26.7 Å². The minimum absolute atomic E-state index is 0.168. The van der Waals surface area contributed by atoms with Crippen LogP contribution in [0.5, 0.6) is 0 Å². The summed E-state index contributed by atoms with van der Waals surface area (Å²) in [5.74, 6) is 0.205. The number of methoxy groups -OCH3 is 1. The van der Waals surface area contributed by atoms with Crippen LogP contribution in [-0.2, 0) is 14.3 Å². The Bertz CT molecular complexity index is 266. The van der Waals surface area contributed by atoms with Crippen LogP contribution in [0.2, 0.25) is 0 Å². The standard InChI is InChI=1S/C15H29NO3/c1-4-6-7-11-19-12-15(13-8-9-13,14(17)18-3)16-10-5-2/h13,16H,4-12H2,1-3H3. The van der Waals surface area contributed by atoms with Crippen molar-refractivity contribution in [2.24, 2.45) is 5.92 Å². The van der Waals surface area contributed by atoms with Gasteiger partial charge in [0.2, 0.25) is 0 Å². The number of esters is 1. The Balaban J connectivity index is 2.53. The van der Waals surface area contributed by atoms with Gasteiger partial charge in [-0.2, -0.15) is 0 Å². The average molecular weight is 271 g/mol. The van der Waals surface area contributed by atoms with Gasteiger partial charge in [-0.05, 0) is 38.1 Å². The number of ether oxygens (including phenoxy) is 2. The fourth-order valence-corrected chi connectivity index (χ4v) is 2.40. The predicted molar refractivity (Wildman–Crippen MR) is 76.1 cm³/mol. The van der Waals surface area contributed by atoms with E-state index in [0.29, 0.717) is 12.5 Å². The molecular formula is C15H29NO3. The lowest BCUT2D eigenvalue weighted by Crippen LogP contribution is -2.58. The van der Waals surface area contributed by atoms with E-state index in [1.54, 1.807) is 0 Å².